The molecule has 0 atom stereocenters. The summed E-state index contributed by atoms with van der Waals surface area (Å²) in [7, 11) is 1.69. The maximum atomic E-state index is 12.0. The van der Waals surface area contributed by atoms with E-state index in [1.54, 1.807) is 31.3 Å². The number of tetrazole rings is 1. The summed E-state index contributed by atoms with van der Waals surface area (Å²) in [4.78, 5) is 25.3. The number of anilines is 1. The molecule has 0 saturated heterocycles. The minimum atomic E-state index is -0.647. The molecule has 24 heavy (non-hydrogen) atoms. The first-order valence-corrected chi connectivity index (χ1v) is 8.08. The molecule has 1 fully saturated rings. The zero-order valence-corrected chi connectivity index (χ0v) is 13.5. The molecule has 8 nitrogen and oxygen atoms in total. The van der Waals surface area contributed by atoms with Gasteiger partial charge in [0.1, 0.15) is 0 Å². The summed E-state index contributed by atoms with van der Waals surface area (Å²) in [6, 6.07) is 7.06. The number of nitrogens with one attached hydrogen (secondary N) is 2. The fourth-order valence-corrected chi connectivity index (χ4v) is 2.79. The molecule has 0 unspecified atom stereocenters. The second-order valence-electron chi connectivity index (χ2n) is 5.94. The van der Waals surface area contributed by atoms with Crippen LogP contribution in [0.5, 0.6) is 0 Å². The van der Waals surface area contributed by atoms with Crippen LogP contribution < -0.4 is 10.6 Å². The van der Waals surface area contributed by atoms with Gasteiger partial charge in [-0.1, -0.05) is 19.3 Å². The van der Waals surface area contributed by atoms with E-state index in [-0.39, 0.29) is 6.04 Å². The number of rotatable bonds is 3. The van der Waals surface area contributed by atoms with Crippen LogP contribution in [0.25, 0.3) is 11.4 Å². The number of aromatic nitrogens is 4. The van der Waals surface area contributed by atoms with Crippen LogP contribution in [-0.2, 0) is 16.6 Å². The lowest BCUT2D eigenvalue weighted by Gasteiger charge is -2.22. The Bertz CT molecular complexity index is 718. The smallest absolute Gasteiger partial charge is 0.313 e. The Morgan fingerprint density at radius 2 is 1.79 bits per heavy atom. The molecule has 1 aliphatic rings. The van der Waals surface area contributed by atoms with E-state index in [0.717, 1.165) is 31.2 Å². The Morgan fingerprint density at radius 1 is 1.08 bits per heavy atom. The minimum Gasteiger partial charge on any atom is -0.345 e. The first-order valence-electron chi connectivity index (χ1n) is 8.08. The van der Waals surface area contributed by atoms with Crippen molar-refractivity contribution in [1.82, 2.24) is 25.5 Å². The molecule has 2 amide bonds. The average Bonchev–Trinajstić information content (AvgIpc) is 3.03. The number of carbonyl (C=O) groups is 2. The summed E-state index contributed by atoms with van der Waals surface area (Å²) in [6.07, 6.45) is 5.29. The highest BCUT2D eigenvalue weighted by Crippen LogP contribution is 2.18. The van der Waals surface area contributed by atoms with Gasteiger partial charge in [0.2, 0.25) is 5.82 Å². The van der Waals surface area contributed by atoms with E-state index in [2.05, 4.69) is 26.0 Å². The molecule has 0 spiro atoms. The van der Waals surface area contributed by atoms with E-state index >= 15 is 0 Å². The summed E-state index contributed by atoms with van der Waals surface area (Å²) >= 11 is 0. The standard InChI is InChI=1S/C16H20N6O2/c1-22-20-14(19-21-22)11-7-9-13(10-8-11)18-16(24)15(23)17-12-5-3-2-4-6-12/h7-10,12H,2-6H2,1H3,(H,17,23)(H,18,24). The SMILES string of the molecule is Cn1nnc(-c2ccc(NC(=O)C(=O)NC3CCCCC3)cc2)n1. The third-order valence-electron chi connectivity index (χ3n) is 4.06. The molecular formula is C16H20N6O2. The number of aryl methyl sites for hydroxylation is 1. The van der Waals surface area contributed by atoms with Crippen molar-refractivity contribution in [2.45, 2.75) is 38.1 Å². The van der Waals surface area contributed by atoms with Crippen molar-refractivity contribution >= 4 is 17.5 Å². The van der Waals surface area contributed by atoms with Gasteiger partial charge in [-0.05, 0) is 42.3 Å². The van der Waals surface area contributed by atoms with Gasteiger partial charge in [0.15, 0.2) is 0 Å². The summed E-state index contributed by atoms with van der Waals surface area (Å²) in [6.45, 7) is 0. The highest BCUT2D eigenvalue weighted by molar-refractivity contribution is 6.39. The molecule has 1 heterocycles. The van der Waals surface area contributed by atoms with Crippen LogP contribution in [0, 0.1) is 0 Å². The zero-order valence-electron chi connectivity index (χ0n) is 13.5. The molecule has 1 aromatic heterocycles. The molecule has 0 bridgehead atoms. The molecule has 0 aliphatic heterocycles. The first kappa shape index (κ1) is 16.1. The summed E-state index contributed by atoms with van der Waals surface area (Å²) in [5, 5.41) is 17.2. The second kappa shape index (κ2) is 7.20. The van der Waals surface area contributed by atoms with Crippen LogP contribution >= 0.6 is 0 Å². The number of benzene rings is 1. The van der Waals surface area contributed by atoms with Crippen LogP contribution in [-0.4, -0.2) is 38.1 Å². The maximum Gasteiger partial charge on any atom is 0.313 e. The molecule has 2 N–H and O–H groups in total. The Labute approximate surface area is 139 Å². The maximum absolute atomic E-state index is 12.0. The summed E-state index contributed by atoms with van der Waals surface area (Å²) in [5.41, 5.74) is 1.33. The highest BCUT2D eigenvalue weighted by atomic mass is 16.2. The quantitative estimate of drug-likeness (QED) is 0.826. The van der Waals surface area contributed by atoms with E-state index in [1.807, 2.05) is 0 Å². The van der Waals surface area contributed by atoms with E-state index in [0.29, 0.717) is 11.5 Å². The van der Waals surface area contributed by atoms with Crippen molar-refractivity contribution in [3.8, 4) is 11.4 Å². The molecule has 1 aliphatic carbocycles. The Balaban J connectivity index is 1.56. The fourth-order valence-electron chi connectivity index (χ4n) is 2.79. The van der Waals surface area contributed by atoms with Crippen molar-refractivity contribution in [2.75, 3.05) is 5.32 Å². The average molecular weight is 328 g/mol. The van der Waals surface area contributed by atoms with Gasteiger partial charge < -0.3 is 10.6 Å². The third-order valence-corrected chi connectivity index (χ3v) is 4.06. The lowest BCUT2D eigenvalue weighted by Crippen LogP contribution is -2.42. The molecule has 1 aromatic carbocycles. The molecule has 2 aromatic rings. The Morgan fingerprint density at radius 3 is 2.42 bits per heavy atom. The van der Waals surface area contributed by atoms with Crippen molar-refractivity contribution in [1.29, 1.82) is 0 Å². The zero-order chi connectivity index (χ0) is 16.9. The third kappa shape index (κ3) is 3.95. The van der Waals surface area contributed by atoms with E-state index < -0.39 is 11.8 Å². The highest BCUT2D eigenvalue weighted by Gasteiger charge is 2.20. The van der Waals surface area contributed by atoms with Gasteiger partial charge in [-0.2, -0.15) is 4.80 Å². The van der Waals surface area contributed by atoms with Gasteiger partial charge in [-0.25, -0.2) is 0 Å². The number of nitrogens with zero attached hydrogens (tertiary/aromatic N) is 4. The van der Waals surface area contributed by atoms with Crippen molar-refractivity contribution in [2.24, 2.45) is 7.05 Å². The lowest BCUT2D eigenvalue weighted by atomic mass is 9.95. The molecule has 3 rings (SSSR count). The Kier molecular flexibility index (Phi) is 4.83. The van der Waals surface area contributed by atoms with Crippen molar-refractivity contribution in [3.63, 3.8) is 0 Å². The second-order valence-corrected chi connectivity index (χ2v) is 5.94. The molecule has 8 heteroatoms. The van der Waals surface area contributed by atoms with Gasteiger partial charge in [0, 0.05) is 17.3 Å². The monoisotopic (exact) mass is 328 g/mol. The van der Waals surface area contributed by atoms with Gasteiger partial charge in [-0.15, -0.1) is 10.2 Å². The van der Waals surface area contributed by atoms with Crippen LogP contribution in [0.15, 0.2) is 24.3 Å². The Hall–Kier alpha value is -2.77. The molecular weight excluding hydrogens is 308 g/mol. The van der Waals surface area contributed by atoms with Crippen LogP contribution in [0.1, 0.15) is 32.1 Å². The predicted molar refractivity (Wildman–Crippen MR) is 87.9 cm³/mol. The summed E-state index contributed by atoms with van der Waals surface area (Å²) < 4.78 is 0. The lowest BCUT2D eigenvalue weighted by molar-refractivity contribution is -0.136. The number of hydrogen-bond donors (Lipinski definition) is 2. The number of amides is 2. The normalized spacial score (nSPS) is 15.0. The first-order chi connectivity index (χ1) is 11.6. The number of hydrogen-bond acceptors (Lipinski definition) is 5. The molecule has 1 saturated carbocycles. The van der Waals surface area contributed by atoms with Crippen molar-refractivity contribution in [3.05, 3.63) is 24.3 Å². The summed E-state index contributed by atoms with van der Waals surface area (Å²) in [5.74, 6) is -0.724. The number of carbonyl (C=O) groups excluding carboxylic acids is 2. The van der Waals surface area contributed by atoms with E-state index in [9.17, 15) is 9.59 Å². The molecule has 0 radical (unpaired) electrons. The van der Waals surface area contributed by atoms with Gasteiger partial charge in [0.25, 0.3) is 0 Å². The molecule has 126 valence electrons. The van der Waals surface area contributed by atoms with Crippen LogP contribution in [0.2, 0.25) is 0 Å². The fraction of sp³-hybridized carbons (Fsp3) is 0.438. The van der Waals surface area contributed by atoms with Crippen molar-refractivity contribution < 1.29 is 9.59 Å². The van der Waals surface area contributed by atoms with Gasteiger partial charge in [-0.3, -0.25) is 9.59 Å². The van der Waals surface area contributed by atoms with Crippen LogP contribution in [0.3, 0.4) is 0 Å². The van der Waals surface area contributed by atoms with E-state index in [1.165, 1.54) is 11.2 Å². The predicted octanol–water partition coefficient (Wildman–Crippen LogP) is 1.26. The van der Waals surface area contributed by atoms with Crippen LogP contribution in [0.4, 0.5) is 5.69 Å². The minimum absolute atomic E-state index is 0.113. The topological polar surface area (TPSA) is 102 Å². The van der Waals surface area contributed by atoms with Gasteiger partial charge in [0.05, 0.1) is 7.05 Å². The largest absolute Gasteiger partial charge is 0.345 e. The van der Waals surface area contributed by atoms with Gasteiger partial charge >= 0.3 is 11.8 Å². The van der Waals surface area contributed by atoms with E-state index in [4.69, 9.17) is 0 Å².